The fourth-order valence-corrected chi connectivity index (χ4v) is 1.18. The predicted octanol–water partition coefficient (Wildman–Crippen LogP) is 2.41. The van der Waals surface area contributed by atoms with Crippen molar-refractivity contribution in [3.8, 4) is 11.5 Å². The van der Waals surface area contributed by atoms with Crippen LogP contribution in [0.3, 0.4) is 0 Å². The molecule has 0 atom stereocenters. The molecule has 3 heteroatoms. The Kier molecular flexibility index (Phi) is 2.23. The molecule has 0 spiro atoms. The van der Waals surface area contributed by atoms with E-state index >= 15 is 0 Å². The van der Waals surface area contributed by atoms with Gasteiger partial charge in [-0.2, -0.15) is 4.98 Å². The van der Waals surface area contributed by atoms with Gasteiger partial charge in [0.25, 0.3) is 0 Å². The third kappa shape index (κ3) is 1.62. The number of aromatic nitrogens is 1. The number of anilines is 1. The van der Waals surface area contributed by atoms with Crippen molar-refractivity contribution < 1.29 is 4.42 Å². The Bertz CT molecular complexity index is 406. The average Bonchev–Trinajstić information content (AvgIpc) is 2.68. The van der Waals surface area contributed by atoms with E-state index in [1.807, 2.05) is 49.3 Å². The monoisotopic (exact) mass is 188 g/mol. The molecule has 0 amide bonds. The molecule has 0 bridgehead atoms. The summed E-state index contributed by atoms with van der Waals surface area (Å²) < 4.78 is 5.36. The molecule has 0 aliphatic carbocycles. The van der Waals surface area contributed by atoms with Gasteiger partial charge in [0.15, 0.2) is 5.82 Å². The Hall–Kier alpha value is -1.77. The van der Waals surface area contributed by atoms with Crippen LogP contribution in [0.4, 0.5) is 5.82 Å². The lowest BCUT2D eigenvalue weighted by Crippen LogP contribution is -2.08. The van der Waals surface area contributed by atoms with Gasteiger partial charge in [-0.05, 0) is 12.1 Å². The molecule has 1 aromatic carbocycles. The van der Waals surface area contributed by atoms with E-state index in [1.54, 1.807) is 6.26 Å². The fraction of sp³-hybridized carbons (Fsp3) is 0.182. The van der Waals surface area contributed by atoms with E-state index in [-0.39, 0.29) is 0 Å². The molecule has 2 rings (SSSR count). The van der Waals surface area contributed by atoms with Crippen molar-refractivity contribution in [2.24, 2.45) is 0 Å². The van der Waals surface area contributed by atoms with Crippen molar-refractivity contribution in [2.45, 2.75) is 0 Å². The Labute approximate surface area is 83.0 Å². The highest BCUT2D eigenvalue weighted by Crippen LogP contribution is 2.20. The van der Waals surface area contributed by atoms with E-state index in [0.717, 1.165) is 11.4 Å². The van der Waals surface area contributed by atoms with Gasteiger partial charge in [-0.3, -0.25) is 0 Å². The maximum absolute atomic E-state index is 5.36. The third-order valence-corrected chi connectivity index (χ3v) is 1.97. The molecule has 1 aromatic heterocycles. The van der Waals surface area contributed by atoms with Crippen LogP contribution in [0.2, 0.25) is 0 Å². The quantitative estimate of drug-likeness (QED) is 0.724. The highest BCUT2D eigenvalue weighted by atomic mass is 16.3. The molecule has 72 valence electrons. The second kappa shape index (κ2) is 3.54. The first-order valence-electron chi connectivity index (χ1n) is 4.45. The summed E-state index contributed by atoms with van der Waals surface area (Å²) in [5.74, 6) is 1.50. The van der Waals surface area contributed by atoms with Crippen LogP contribution in [0.1, 0.15) is 0 Å². The smallest absolute Gasteiger partial charge is 0.227 e. The van der Waals surface area contributed by atoms with E-state index in [9.17, 15) is 0 Å². The van der Waals surface area contributed by atoms with Gasteiger partial charge in [0.2, 0.25) is 5.89 Å². The summed E-state index contributed by atoms with van der Waals surface area (Å²) in [7, 11) is 3.87. The first-order valence-corrected chi connectivity index (χ1v) is 4.45. The van der Waals surface area contributed by atoms with Gasteiger partial charge in [0.05, 0.1) is 0 Å². The van der Waals surface area contributed by atoms with Crippen LogP contribution in [0.15, 0.2) is 41.0 Å². The Morgan fingerprint density at radius 3 is 2.43 bits per heavy atom. The molecule has 0 aliphatic rings. The highest BCUT2D eigenvalue weighted by molar-refractivity contribution is 5.55. The molecule has 2 aromatic rings. The van der Waals surface area contributed by atoms with E-state index in [0.29, 0.717) is 5.89 Å². The van der Waals surface area contributed by atoms with Gasteiger partial charge in [0.1, 0.15) is 6.26 Å². The van der Waals surface area contributed by atoms with E-state index in [2.05, 4.69) is 4.98 Å². The summed E-state index contributed by atoms with van der Waals surface area (Å²) in [6.07, 6.45) is 1.66. The molecule has 0 aliphatic heterocycles. The first-order chi connectivity index (χ1) is 6.77. The topological polar surface area (TPSA) is 29.3 Å². The molecule has 0 saturated heterocycles. The summed E-state index contributed by atoms with van der Waals surface area (Å²) in [6.45, 7) is 0. The second-order valence-electron chi connectivity index (χ2n) is 3.27. The number of hydrogen-bond acceptors (Lipinski definition) is 3. The summed E-state index contributed by atoms with van der Waals surface area (Å²) in [6, 6.07) is 9.86. The lowest BCUT2D eigenvalue weighted by Gasteiger charge is -2.04. The highest BCUT2D eigenvalue weighted by Gasteiger charge is 2.06. The average molecular weight is 188 g/mol. The maximum Gasteiger partial charge on any atom is 0.227 e. The van der Waals surface area contributed by atoms with Crippen molar-refractivity contribution >= 4 is 5.82 Å². The summed E-state index contributed by atoms with van der Waals surface area (Å²) in [5, 5.41) is 0. The Morgan fingerprint density at radius 2 is 1.86 bits per heavy atom. The van der Waals surface area contributed by atoms with Crippen molar-refractivity contribution in [2.75, 3.05) is 19.0 Å². The molecule has 0 fully saturated rings. The Balaban J connectivity index is 2.34. The summed E-state index contributed by atoms with van der Waals surface area (Å²) in [5.41, 5.74) is 1.00. The molecule has 1 heterocycles. The summed E-state index contributed by atoms with van der Waals surface area (Å²) in [4.78, 5) is 6.25. The zero-order valence-electron chi connectivity index (χ0n) is 8.27. The van der Waals surface area contributed by atoms with Gasteiger partial charge >= 0.3 is 0 Å². The Morgan fingerprint density at radius 1 is 1.14 bits per heavy atom. The lowest BCUT2D eigenvalue weighted by atomic mass is 10.2. The predicted molar refractivity (Wildman–Crippen MR) is 56.3 cm³/mol. The molecular weight excluding hydrogens is 176 g/mol. The maximum atomic E-state index is 5.36. The SMILES string of the molecule is CN(C)c1coc(-c2ccccc2)n1. The first kappa shape index (κ1) is 8.81. The lowest BCUT2D eigenvalue weighted by molar-refractivity contribution is 0.574. The van der Waals surface area contributed by atoms with Gasteiger partial charge in [-0.1, -0.05) is 18.2 Å². The summed E-state index contributed by atoms with van der Waals surface area (Å²) >= 11 is 0. The van der Waals surface area contributed by atoms with Crippen molar-refractivity contribution in [3.05, 3.63) is 36.6 Å². The van der Waals surface area contributed by atoms with Crippen LogP contribution in [0.25, 0.3) is 11.5 Å². The molecule has 0 unspecified atom stereocenters. The third-order valence-electron chi connectivity index (χ3n) is 1.97. The zero-order valence-corrected chi connectivity index (χ0v) is 8.27. The molecule has 3 nitrogen and oxygen atoms in total. The van der Waals surface area contributed by atoms with Crippen LogP contribution in [-0.4, -0.2) is 19.1 Å². The minimum absolute atomic E-state index is 0.661. The van der Waals surface area contributed by atoms with E-state index in [4.69, 9.17) is 4.42 Å². The van der Waals surface area contributed by atoms with Gasteiger partial charge in [0, 0.05) is 19.7 Å². The fourth-order valence-electron chi connectivity index (χ4n) is 1.18. The van der Waals surface area contributed by atoms with Gasteiger partial charge in [-0.25, -0.2) is 0 Å². The largest absolute Gasteiger partial charge is 0.442 e. The van der Waals surface area contributed by atoms with Crippen molar-refractivity contribution in [1.29, 1.82) is 0 Å². The number of benzene rings is 1. The van der Waals surface area contributed by atoms with Crippen LogP contribution in [-0.2, 0) is 0 Å². The molecule has 14 heavy (non-hydrogen) atoms. The zero-order chi connectivity index (χ0) is 9.97. The molecule has 0 radical (unpaired) electrons. The van der Waals surface area contributed by atoms with Crippen LogP contribution >= 0.6 is 0 Å². The number of rotatable bonds is 2. The normalized spacial score (nSPS) is 10.1. The van der Waals surface area contributed by atoms with Crippen molar-refractivity contribution in [3.63, 3.8) is 0 Å². The van der Waals surface area contributed by atoms with Crippen LogP contribution < -0.4 is 4.90 Å². The minimum atomic E-state index is 0.661. The van der Waals surface area contributed by atoms with E-state index in [1.165, 1.54) is 0 Å². The number of oxazole rings is 1. The molecule has 0 saturated carbocycles. The molecular formula is C11H12N2O. The minimum Gasteiger partial charge on any atom is -0.442 e. The number of nitrogens with zero attached hydrogens (tertiary/aromatic N) is 2. The van der Waals surface area contributed by atoms with Crippen LogP contribution in [0.5, 0.6) is 0 Å². The number of hydrogen-bond donors (Lipinski definition) is 0. The van der Waals surface area contributed by atoms with Gasteiger partial charge < -0.3 is 9.32 Å². The van der Waals surface area contributed by atoms with Crippen LogP contribution in [0, 0.1) is 0 Å². The van der Waals surface area contributed by atoms with Gasteiger partial charge in [-0.15, -0.1) is 0 Å². The molecule has 0 N–H and O–H groups in total. The standard InChI is InChI=1S/C11H12N2O/c1-13(2)10-8-14-11(12-10)9-6-4-3-5-7-9/h3-8H,1-2H3. The second-order valence-corrected chi connectivity index (χ2v) is 3.27. The van der Waals surface area contributed by atoms with E-state index < -0.39 is 0 Å². The van der Waals surface area contributed by atoms with Crippen molar-refractivity contribution in [1.82, 2.24) is 4.98 Å².